The van der Waals surface area contributed by atoms with Crippen LogP contribution >= 0.6 is 0 Å². The van der Waals surface area contributed by atoms with E-state index in [4.69, 9.17) is 4.74 Å². The molecule has 1 aliphatic rings. The molecule has 3 rings (SSSR count). The van der Waals surface area contributed by atoms with Crippen LogP contribution < -0.4 is 4.74 Å². The summed E-state index contributed by atoms with van der Waals surface area (Å²) in [5, 5.41) is 0. The quantitative estimate of drug-likeness (QED) is 0.849. The Balaban J connectivity index is 2.00. The number of aliphatic imine (C=N–C) groups is 1. The largest absolute Gasteiger partial charge is 0.497 e. The molecule has 22 heavy (non-hydrogen) atoms. The van der Waals surface area contributed by atoms with E-state index in [0.717, 1.165) is 11.3 Å². The van der Waals surface area contributed by atoms with Crippen LogP contribution in [0, 0.1) is 0 Å². The van der Waals surface area contributed by atoms with E-state index >= 15 is 0 Å². The number of aryl methyl sites for hydroxylation is 1. The minimum Gasteiger partial charge on any atom is -0.497 e. The van der Waals surface area contributed by atoms with E-state index in [1.165, 1.54) is 0 Å². The number of hydrogen-bond acceptors (Lipinski definition) is 2. The summed E-state index contributed by atoms with van der Waals surface area (Å²) in [4.78, 5) is 16.3. The Morgan fingerprint density at radius 2 is 2.00 bits per heavy atom. The Kier molecular flexibility index (Phi) is 4.00. The average Bonchev–Trinajstić information content (AvgIpc) is 2.57. The number of amides is 1. The number of methoxy groups -OCH3 is 1. The standard InChI is InChI=1S/C18H16FNO2/c1-22-14-8-9-15-13(11-14)7-10-16(19)17(15)20-18(21)12-5-3-2-4-6-12/h2-6,8-9,11,16H,7,10H2,1H3. The van der Waals surface area contributed by atoms with Crippen molar-refractivity contribution in [3.63, 3.8) is 0 Å². The predicted octanol–water partition coefficient (Wildman–Crippen LogP) is 3.61. The number of carbonyl (C=O) groups is 1. The van der Waals surface area contributed by atoms with Gasteiger partial charge < -0.3 is 4.74 Å². The summed E-state index contributed by atoms with van der Waals surface area (Å²) in [5.41, 5.74) is 2.34. The lowest BCUT2D eigenvalue weighted by Crippen LogP contribution is -2.26. The fourth-order valence-electron chi connectivity index (χ4n) is 2.63. The van der Waals surface area contributed by atoms with Crippen molar-refractivity contribution in [2.75, 3.05) is 7.11 Å². The van der Waals surface area contributed by atoms with E-state index in [1.807, 2.05) is 12.1 Å². The first-order valence-corrected chi connectivity index (χ1v) is 7.18. The van der Waals surface area contributed by atoms with E-state index < -0.39 is 12.1 Å². The molecule has 3 nitrogen and oxygen atoms in total. The topological polar surface area (TPSA) is 38.7 Å². The van der Waals surface area contributed by atoms with Crippen molar-refractivity contribution in [2.24, 2.45) is 4.99 Å². The Labute approximate surface area is 128 Å². The van der Waals surface area contributed by atoms with Crippen LogP contribution in [0.3, 0.4) is 0 Å². The predicted molar refractivity (Wildman–Crippen MR) is 83.5 cm³/mol. The molecular formula is C18H16FNO2. The fraction of sp³-hybridized carbons (Fsp3) is 0.222. The molecule has 2 aromatic rings. The number of alkyl halides is 1. The maximum absolute atomic E-state index is 14.3. The molecule has 0 spiro atoms. The second kappa shape index (κ2) is 6.10. The normalized spacial score (nSPS) is 18.8. The van der Waals surface area contributed by atoms with Gasteiger partial charge in [-0.1, -0.05) is 18.2 Å². The van der Waals surface area contributed by atoms with Crippen molar-refractivity contribution in [3.8, 4) is 5.75 Å². The fourth-order valence-corrected chi connectivity index (χ4v) is 2.63. The first kappa shape index (κ1) is 14.4. The molecule has 0 saturated heterocycles. The number of ether oxygens (including phenoxy) is 1. The van der Waals surface area contributed by atoms with Gasteiger partial charge in [-0.25, -0.2) is 9.38 Å². The van der Waals surface area contributed by atoms with Crippen LogP contribution in [0.5, 0.6) is 5.75 Å². The van der Waals surface area contributed by atoms with Crippen LogP contribution in [0.2, 0.25) is 0 Å². The first-order chi connectivity index (χ1) is 10.7. The summed E-state index contributed by atoms with van der Waals surface area (Å²) in [6, 6.07) is 14.1. The van der Waals surface area contributed by atoms with Crippen molar-refractivity contribution in [1.82, 2.24) is 0 Å². The van der Waals surface area contributed by atoms with Gasteiger partial charge in [-0.15, -0.1) is 0 Å². The molecule has 0 aromatic heterocycles. The third-order valence-electron chi connectivity index (χ3n) is 3.79. The van der Waals surface area contributed by atoms with Crippen LogP contribution in [-0.4, -0.2) is 24.9 Å². The van der Waals surface area contributed by atoms with Gasteiger partial charge in [0, 0.05) is 11.1 Å². The third kappa shape index (κ3) is 2.77. The van der Waals surface area contributed by atoms with Crippen LogP contribution in [0.4, 0.5) is 4.39 Å². The molecule has 0 heterocycles. The van der Waals surface area contributed by atoms with E-state index in [1.54, 1.807) is 43.5 Å². The highest BCUT2D eigenvalue weighted by Crippen LogP contribution is 2.28. The summed E-state index contributed by atoms with van der Waals surface area (Å²) >= 11 is 0. The number of hydrogen-bond donors (Lipinski definition) is 0. The van der Waals surface area contributed by atoms with Gasteiger partial charge in [-0.2, -0.15) is 0 Å². The SMILES string of the molecule is COc1ccc2c(c1)CCC(F)C2=NC(=O)c1ccccc1. The molecule has 0 fully saturated rings. The van der Waals surface area contributed by atoms with Crippen LogP contribution in [-0.2, 0) is 6.42 Å². The molecule has 0 radical (unpaired) electrons. The second-order valence-corrected chi connectivity index (χ2v) is 5.20. The number of fused-ring (bicyclic) bond motifs is 1. The number of nitrogens with zero attached hydrogens (tertiary/aromatic N) is 1. The monoisotopic (exact) mass is 297 g/mol. The number of benzene rings is 2. The van der Waals surface area contributed by atoms with Crippen molar-refractivity contribution in [1.29, 1.82) is 0 Å². The molecule has 1 aliphatic carbocycles. The Morgan fingerprint density at radius 3 is 2.73 bits per heavy atom. The van der Waals surface area contributed by atoms with Gasteiger partial charge in [-0.3, -0.25) is 4.79 Å². The lowest BCUT2D eigenvalue weighted by molar-refractivity contribution is 0.100. The van der Waals surface area contributed by atoms with Gasteiger partial charge in [0.1, 0.15) is 11.9 Å². The Hall–Kier alpha value is -2.49. The highest BCUT2D eigenvalue weighted by molar-refractivity contribution is 6.13. The van der Waals surface area contributed by atoms with Crippen molar-refractivity contribution < 1.29 is 13.9 Å². The number of carbonyl (C=O) groups excluding carboxylic acids is 1. The average molecular weight is 297 g/mol. The van der Waals surface area contributed by atoms with Gasteiger partial charge in [0.05, 0.1) is 12.8 Å². The highest BCUT2D eigenvalue weighted by Gasteiger charge is 2.26. The molecule has 1 unspecified atom stereocenters. The molecule has 1 amide bonds. The lowest BCUT2D eigenvalue weighted by Gasteiger charge is -2.21. The summed E-state index contributed by atoms with van der Waals surface area (Å²) in [5.74, 6) is 0.312. The Morgan fingerprint density at radius 1 is 1.23 bits per heavy atom. The molecule has 0 saturated carbocycles. The van der Waals surface area contributed by atoms with Gasteiger partial charge in [-0.05, 0) is 48.7 Å². The zero-order chi connectivity index (χ0) is 15.5. The molecular weight excluding hydrogens is 281 g/mol. The molecule has 112 valence electrons. The first-order valence-electron chi connectivity index (χ1n) is 7.18. The molecule has 0 bridgehead atoms. The van der Waals surface area contributed by atoms with Crippen LogP contribution in [0.25, 0.3) is 0 Å². The molecule has 1 atom stereocenters. The minimum absolute atomic E-state index is 0.220. The summed E-state index contributed by atoms with van der Waals surface area (Å²) < 4.78 is 19.5. The molecule has 0 aliphatic heterocycles. The lowest BCUT2D eigenvalue weighted by atomic mass is 9.88. The van der Waals surface area contributed by atoms with Crippen molar-refractivity contribution in [3.05, 3.63) is 65.2 Å². The zero-order valence-corrected chi connectivity index (χ0v) is 12.3. The number of rotatable bonds is 2. The Bertz CT molecular complexity index is 725. The maximum atomic E-state index is 14.3. The van der Waals surface area contributed by atoms with Gasteiger partial charge in [0.25, 0.3) is 5.91 Å². The molecule has 0 N–H and O–H groups in total. The smallest absolute Gasteiger partial charge is 0.277 e. The number of halogens is 1. The van der Waals surface area contributed by atoms with Gasteiger partial charge in [0.15, 0.2) is 0 Å². The second-order valence-electron chi connectivity index (χ2n) is 5.20. The summed E-state index contributed by atoms with van der Waals surface area (Å²) in [6.07, 6.45) is -0.263. The van der Waals surface area contributed by atoms with E-state index in [9.17, 15) is 9.18 Å². The molecule has 2 aromatic carbocycles. The highest BCUT2D eigenvalue weighted by atomic mass is 19.1. The zero-order valence-electron chi connectivity index (χ0n) is 12.3. The van der Waals surface area contributed by atoms with E-state index in [2.05, 4.69) is 4.99 Å². The van der Waals surface area contributed by atoms with Gasteiger partial charge in [0.2, 0.25) is 0 Å². The van der Waals surface area contributed by atoms with Crippen molar-refractivity contribution in [2.45, 2.75) is 19.0 Å². The van der Waals surface area contributed by atoms with Crippen LogP contribution in [0.15, 0.2) is 53.5 Å². The minimum atomic E-state index is -1.21. The molecule has 4 heteroatoms. The van der Waals surface area contributed by atoms with Crippen LogP contribution in [0.1, 0.15) is 27.9 Å². The summed E-state index contributed by atoms with van der Waals surface area (Å²) in [7, 11) is 1.59. The maximum Gasteiger partial charge on any atom is 0.277 e. The van der Waals surface area contributed by atoms with Gasteiger partial charge >= 0.3 is 0 Å². The summed E-state index contributed by atoms with van der Waals surface area (Å²) in [6.45, 7) is 0. The van der Waals surface area contributed by atoms with Crippen molar-refractivity contribution >= 4 is 11.6 Å². The van der Waals surface area contributed by atoms with E-state index in [-0.39, 0.29) is 5.71 Å². The third-order valence-corrected chi connectivity index (χ3v) is 3.79. The van der Waals surface area contributed by atoms with E-state index in [0.29, 0.717) is 24.0 Å².